The van der Waals surface area contributed by atoms with E-state index >= 15 is 0 Å². The molecular formula is C23H25NO6S. The Hall–Kier alpha value is -2.48. The Morgan fingerprint density at radius 1 is 1.13 bits per heavy atom. The van der Waals surface area contributed by atoms with E-state index in [-0.39, 0.29) is 55.6 Å². The monoisotopic (exact) mass is 443 g/mol. The van der Waals surface area contributed by atoms with E-state index in [0.717, 1.165) is 6.42 Å². The summed E-state index contributed by atoms with van der Waals surface area (Å²) in [5, 5.41) is 11.2. The van der Waals surface area contributed by atoms with E-state index in [0.29, 0.717) is 10.7 Å². The highest BCUT2D eigenvalue weighted by Crippen LogP contribution is 2.86. The highest BCUT2D eigenvalue weighted by Gasteiger charge is 2.89. The van der Waals surface area contributed by atoms with Crippen LogP contribution < -0.4 is 0 Å². The minimum Gasteiger partial charge on any atom is -0.506 e. The van der Waals surface area contributed by atoms with Crippen molar-refractivity contribution >= 4 is 33.3 Å². The van der Waals surface area contributed by atoms with Gasteiger partial charge in [-0.3, -0.25) is 14.4 Å². The number of sulfonamides is 1. The number of fused-ring (bicyclic) bond motifs is 1. The van der Waals surface area contributed by atoms with Gasteiger partial charge in [0.15, 0.2) is 11.6 Å². The number of Topliss-reactive ketones (excluding diaryl/α,β-unsaturated/α-hetero) is 2. The van der Waals surface area contributed by atoms with Crippen molar-refractivity contribution in [2.75, 3.05) is 7.05 Å². The highest BCUT2D eigenvalue weighted by molar-refractivity contribution is 7.90. The fourth-order valence-corrected chi connectivity index (χ4v) is 8.77. The molecule has 1 amide bonds. The molecule has 3 unspecified atom stereocenters. The Morgan fingerprint density at radius 3 is 2.29 bits per heavy atom. The zero-order chi connectivity index (χ0) is 23.0. The quantitative estimate of drug-likeness (QED) is 0.406. The van der Waals surface area contributed by atoms with Gasteiger partial charge in [-0.1, -0.05) is 20.8 Å². The largest absolute Gasteiger partial charge is 0.506 e. The van der Waals surface area contributed by atoms with E-state index in [4.69, 9.17) is 0 Å². The van der Waals surface area contributed by atoms with Crippen LogP contribution in [-0.4, -0.2) is 42.4 Å². The average Bonchev–Trinajstić information content (AvgIpc) is 2.86. The molecule has 31 heavy (non-hydrogen) atoms. The number of nitrogens with zero attached hydrogens (tertiary/aromatic N) is 1. The van der Waals surface area contributed by atoms with E-state index in [1.807, 2.05) is 20.8 Å². The topological polar surface area (TPSA) is 109 Å². The van der Waals surface area contributed by atoms with Gasteiger partial charge in [0.25, 0.3) is 15.9 Å². The summed E-state index contributed by atoms with van der Waals surface area (Å²) in [6, 6.07) is 1.45. The minimum atomic E-state index is -3.96. The van der Waals surface area contributed by atoms with Gasteiger partial charge in [-0.25, -0.2) is 12.7 Å². The van der Waals surface area contributed by atoms with Crippen LogP contribution in [0.4, 0.5) is 0 Å². The number of aryl methyl sites for hydroxylation is 1. The number of aliphatic hydroxyl groups excluding tert-OH is 1. The highest BCUT2D eigenvalue weighted by atomic mass is 32.2. The van der Waals surface area contributed by atoms with Crippen molar-refractivity contribution < 1.29 is 27.9 Å². The first-order valence-corrected chi connectivity index (χ1v) is 11.8. The number of allylic oxidation sites excluding steroid dienone is 1. The number of rotatable bonds is 1. The third kappa shape index (κ3) is 1.81. The summed E-state index contributed by atoms with van der Waals surface area (Å²) in [6.45, 7) is 8.91. The normalized spacial score (nSPS) is 35.9. The molecule has 0 radical (unpaired) electrons. The van der Waals surface area contributed by atoms with Crippen LogP contribution in [0.25, 0.3) is 5.76 Å². The molecule has 1 aliphatic heterocycles. The fraction of sp³-hybridized carbons (Fsp3) is 0.522. The number of carbonyl (C=O) groups is 3. The Bertz CT molecular complexity index is 1300. The Balaban J connectivity index is 1.76. The number of benzene rings is 1. The van der Waals surface area contributed by atoms with Crippen molar-refractivity contribution in [2.45, 2.75) is 52.4 Å². The summed E-state index contributed by atoms with van der Waals surface area (Å²) in [4.78, 5) is 39.7. The molecule has 164 valence electrons. The molecule has 8 heteroatoms. The van der Waals surface area contributed by atoms with E-state index < -0.39 is 32.5 Å². The zero-order valence-corrected chi connectivity index (χ0v) is 19.2. The minimum absolute atomic E-state index is 0.0169. The van der Waals surface area contributed by atoms with Crippen LogP contribution in [0.15, 0.2) is 16.5 Å². The lowest BCUT2D eigenvalue weighted by atomic mass is 9.71. The van der Waals surface area contributed by atoms with Crippen molar-refractivity contribution in [3.63, 3.8) is 0 Å². The third-order valence-electron chi connectivity index (χ3n) is 8.78. The molecule has 4 aliphatic rings. The fourth-order valence-electron chi connectivity index (χ4n) is 7.23. The van der Waals surface area contributed by atoms with Gasteiger partial charge in [0.05, 0.1) is 11.0 Å². The Labute approximate surface area is 181 Å². The van der Waals surface area contributed by atoms with Crippen LogP contribution >= 0.6 is 0 Å². The third-order valence-corrected chi connectivity index (χ3v) is 10.7. The molecule has 3 saturated carbocycles. The second kappa shape index (κ2) is 5.28. The van der Waals surface area contributed by atoms with Crippen molar-refractivity contribution in [2.24, 2.45) is 22.2 Å². The number of ketones is 2. The molecule has 1 spiro atoms. The van der Waals surface area contributed by atoms with Crippen LogP contribution in [0.3, 0.4) is 0 Å². The molecule has 0 bridgehead atoms. The first kappa shape index (κ1) is 20.4. The maximum absolute atomic E-state index is 13.6. The summed E-state index contributed by atoms with van der Waals surface area (Å²) < 4.78 is 25.9. The summed E-state index contributed by atoms with van der Waals surface area (Å²) in [5.41, 5.74) is -1.49. The average molecular weight is 444 g/mol. The van der Waals surface area contributed by atoms with Gasteiger partial charge < -0.3 is 5.11 Å². The van der Waals surface area contributed by atoms with E-state index in [2.05, 4.69) is 0 Å². The van der Waals surface area contributed by atoms with Crippen LogP contribution in [0.1, 0.15) is 60.7 Å². The second-order valence-electron chi connectivity index (χ2n) is 10.2. The zero-order valence-electron chi connectivity index (χ0n) is 18.4. The smallest absolute Gasteiger partial charge is 0.269 e. The Kier molecular flexibility index (Phi) is 3.48. The van der Waals surface area contributed by atoms with Crippen molar-refractivity contribution in [1.82, 2.24) is 4.31 Å². The maximum Gasteiger partial charge on any atom is 0.269 e. The standard InChI is InChI=1S/C23H25NO6S/c1-10-9-12(11(2)14-17(10)31(29,30)24(6)20(14)28)16(25)15-18(26)22(5)8-7-13-21(3,4)23(13,22)19(15)27/h9,13,25H,7-8H2,1-6H3. The van der Waals surface area contributed by atoms with Gasteiger partial charge in [0.2, 0.25) is 0 Å². The van der Waals surface area contributed by atoms with Gasteiger partial charge >= 0.3 is 0 Å². The lowest BCUT2D eigenvalue weighted by Gasteiger charge is -2.28. The molecule has 0 saturated heterocycles. The van der Waals surface area contributed by atoms with Crippen LogP contribution in [0.5, 0.6) is 0 Å². The van der Waals surface area contributed by atoms with Gasteiger partial charge in [-0.2, -0.15) is 0 Å². The summed E-state index contributed by atoms with van der Waals surface area (Å²) >= 11 is 0. The molecule has 1 aromatic rings. The molecule has 3 fully saturated rings. The molecule has 3 aliphatic carbocycles. The molecule has 1 heterocycles. The molecular weight excluding hydrogens is 418 g/mol. The van der Waals surface area contributed by atoms with Crippen molar-refractivity contribution in [1.29, 1.82) is 0 Å². The SMILES string of the molecule is Cc1cc(C(O)=C2C(=O)C3(C)CCC4C(C)(C)C43C2=O)c(C)c2c1S(=O)(=O)N(C)C2=O. The first-order chi connectivity index (χ1) is 14.2. The number of hydrogen-bond donors (Lipinski definition) is 1. The number of amides is 1. The van der Waals surface area contributed by atoms with E-state index in [1.165, 1.54) is 27.0 Å². The summed E-state index contributed by atoms with van der Waals surface area (Å²) in [5.74, 6) is -1.71. The molecule has 7 nitrogen and oxygen atoms in total. The summed E-state index contributed by atoms with van der Waals surface area (Å²) in [7, 11) is -2.77. The second-order valence-corrected chi connectivity index (χ2v) is 12.1. The van der Waals surface area contributed by atoms with Crippen molar-refractivity contribution in [3.05, 3.63) is 33.9 Å². The van der Waals surface area contributed by atoms with Gasteiger partial charge in [0.1, 0.15) is 16.2 Å². The van der Waals surface area contributed by atoms with Crippen LogP contribution in [-0.2, 0) is 19.6 Å². The molecule has 5 rings (SSSR count). The van der Waals surface area contributed by atoms with Gasteiger partial charge in [-0.15, -0.1) is 0 Å². The van der Waals surface area contributed by atoms with E-state index in [9.17, 15) is 27.9 Å². The lowest BCUT2D eigenvalue weighted by molar-refractivity contribution is -0.127. The van der Waals surface area contributed by atoms with Crippen LogP contribution in [0, 0.1) is 36.0 Å². The number of aliphatic hydroxyl groups is 1. The maximum atomic E-state index is 13.6. The van der Waals surface area contributed by atoms with Gasteiger partial charge in [-0.05, 0) is 55.2 Å². The van der Waals surface area contributed by atoms with Gasteiger partial charge in [0, 0.05) is 18.0 Å². The molecule has 3 atom stereocenters. The molecule has 1 aromatic carbocycles. The first-order valence-electron chi connectivity index (χ1n) is 10.4. The molecule has 1 N–H and O–H groups in total. The van der Waals surface area contributed by atoms with E-state index in [1.54, 1.807) is 0 Å². The van der Waals surface area contributed by atoms with Crippen LogP contribution in [0.2, 0.25) is 0 Å². The number of carbonyl (C=O) groups excluding carboxylic acids is 3. The lowest BCUT2D eigenvalue weighted by Crippen LogP contribution is -2.33. The number of hydrogen-bond acceptors (Lipinski definition) is 6. The predicted octanol–water partition coefficient (Wildman–Crippen LogP) is 2.94. The summed E-state index contributed by atoms with van der Waals surface area (Å²) in [6.07, 6.45) is 1.41. The Morgan fingerprint density at radius 2 is 1.74 bits per heavy atom. The molecule has 0 aromatic heterocycles. The predicted molar refractivity (Wildman–Crippen MR) is 112 cm³/mol. The van der Waals surface area contributed by atoms with Crippen molar-refractivity contribution in [3.8, 4) is 0 Å².